The minimum Gasteiger partial charge on any atom is -0.484 e. The lowest BCUT2D eigenvalue weighted by molar-refractivity contribution is 0.0395. The maximum absolute atomic E-state index is 11.7. The zero-order valence-corrected chi connectivity index (χ0v) is 23.5. The number of halogens is 3. The van der Waals surface area contributed by atoms with Gasteiger partial charge in [-0.15, -0.1) is 0 Å². The van der Waals surface area contributed by atoms with Gasteiger partial charge in [-0.05, 0) is 31.2 Å². The molecule has 0 unspecified atom stereocenters. The lowest BCUT2D eigenvalue weighted by atomic mass is 9.74. The maximum Gasteiger partial charge on any atom is 0.211 e. The van der Waals surface area contributed by atoms with Crippen molar-refractivity contribution >= 4 is 61.5 Å². The van der Waals surface area contributed by atoms with Crippen molar-refractivity contribution < 1.29 is 13.2 Å². The highest BCUT2D eigenvalue weighted by molar-refractivity contribution is 7.88. The molecular weight excluding hydrogens is 571 g/mol. The van der Waals surface area contributed by atoms with Crippen LogP contribution in [0.1, 0.15) is 18.6 Å². The molecule has 5 heterocycles. The topological polar surface area (TPSA) is 104 Å². The van der Waals surface area contributed by atoms with Gasteiger partial charge in [0.1, 0.15) is 23.4 Å². The largest absolute Gasteiger partial charge is 0.484 e. The predicted molar refractivity (Wildman–Crippen MR) is 149 cm³/mol. The average molecular weight is 594 g/mol. The number of ether oxygens (including phenoxy) is 1. The quantitative estimate of drug-likeness (QED) is 0.328. The number of aromatic amines is 1. The Morgan fingerprint density at radius 1 is 1.03 bits per heavy atom. The highest BCUT2D eigenvalue weighted by Gasteiger charge is 2.54. The number of fused-ring (bicyclic) bond motifs is 1. The molecule has 38 heavy (non-hydrogen) atoms. The van der Waals surface area contributed by atoms with Gasteiger partial charge in [0.15, 0.2) is 0 Å². The molecule has 2 aliphatic rings. The first-order chi connectivity index (χ1) is 18.0. The molecule has 2 aliphatic heterocycles. The molecule has 198 valence electrons. The molecule has 3 aromatic heterocycles. The van der Waals surface area contributed by atoms with Crippen LogP contribution in [0.2, 0.25) is 15.1 Å². The molecule has 4 aromatic rings. The molecule has 0 saturated carbocycles. The number of sulfonamides is 1. The Balaban J connectivity index is 1.20. The number of benzene rings is 1. The summed E-state index contributed by atoms with van der Waals surface area (Å²) >= 11 is 19.1. The molecule has 2 fully saturated rings. The fourth-order valence-electron chi connectivity index (χ4n) is 5.16. The summed E-state index contributed by atoms with van der Waals surface area (Å²) in [6.45, 7) is 4.57. The number of aromatic nitrogens is 4. The molecule has 1 N–H and O–H groups in total. The van der Waals surface area contributed by atoms with E-state index in [1.54, 1.807) is 12.3 Å². The summed E-state index contributed by atoms with van der Waals surface area (Å²) in [4.78, 5) is 10.8. The van der Waals surface area contributed by atoms with Crippen molar-refractivity contribution in [2.24, 2.45) is 5.41 Å². The van der Waals surface area contributed by atoms with E-state index in [0.29, 0.717) is 39.5 Å². The van der Waals surface area contributed by atoms with E-state index >= 15 is 0 Å². The van der Waals surface area contributed by atoms with Gasteiger partial charge >= 0.3 is 0 Å². The number of hydrogen-bond acceptors (Lipinski definition) is 7. The fraction of sp³-hybridized carbons (Fsp3) is 0.320. The van der Waals surface area contributed by atoms with Crippen LogP contribution in [-0.4, -0.2) is 65.3 Å². The predicted octanol–water partition coefficient (Wildman–Crippen LogP) is 5.20. The van der Waals surface area contributed by atoms with Gasteiger partial charge in [-0.1, -0.05) is 34.8 Å². The summed E-state index contributed by atoms with van der Waals surface area (Å²) in [7, 11) is -3.12. The van der Waals surface area contributed by atoms with Gasteiger partial charge < -0.3 is 9.64 Å². The van der Waals surface area contributed by atoms with Crippen LogP contribution < -0.4 is 9.64 Å². The van der Waals surface area contributed by atoms with Crippen LogP contribution in [0, 0.1) is 5.41 Å². The third-order valence-electron chi connectivity index (χ3n) is 7.11. The van der Waals surface area contributed by atoms with Crippen molar-refractivity contribution in [2.45, 2.75) is 13.0 Å². The normalized spacial score (nSPS) is 17.9. The Labute approximate surface area is 234 Å². The first kappa shape index (κ1) is 25.6. The molecular formula is C25H23Cl3N6O3S. The summed E-state index contributed by atoms with van der Waals surface area (Å²) in [5.74, 6) is 1.32. The highest BCUT2D eigenvalue weighted by Crippen LogP contribution is 2.43. The van der Waals surface area contributed by atoms with Crippen molar-refractivity contribution in [2.75, 3.05) is 37.3 Å². The number of nitrogens with zero attached hydrogens (tertiary/aromatic N) is 5. The zero-order chi connectivity index (χ0) is 26.8. The summed E-state index contributed by atoms with van der Waals surface area (Å²) < 4.78 is 31.1. The third-order valence-corrected chi connectivity index (χ3v) is 9.20. The molecule has 0 aliphatic carbocycles. The Morgan fingerprint density at radius 2 is 1.74 bits per heavy atom. The van der Waals surface area contributed by atoms with Gasteiger partial charge in [0.25, 0.3) is 0 Å². The number of rotatable bonds is 6. The number of hydrogen-bond donors (Lipinski definition) is 1. The SMILES string of the molecule is C[C@@H](Oc1cc2c(-c3ccc(N4CC5(C4)CN(S(C)(=O)=O)C5)nc3)n[nH]c2cc1Cl)c1c(Cl)cncc1Cl. The highest BCUT2D eigenvalue weighted by atomic mass is 35.5. The van der Waals surface area contributed by atoms with Crippen molar-refractivity contribution in [3.05, 3.63) is 63.5 Å². The van der Waals surface area contributed by atoms with Crippen molar-refractivity contribution in [1.82, 2.24) is 24.5 Å². The summed E-state index contributed by atoms with van der Waals surface area (Å²) in [6.07, 6.45) is 5.62. The number of pyridine rings is 2. The van der Waals surface area contributed by atoms with Gasteiger partial charge in [-0.2, -0.15) is 5.10 Å². The van der Waals surface area contributed by atoms with E-state index in [9.17, 15) is 8.42 Å². The fourth-order valence-corrected chi connectivity index (χ4v) is 7.06. The third kappa shape index (κ3) is 4.48. The van der Waals surface area contributed by atoms with Gasteiger partial charge in [-0.25, -0.2) is 17.7 Å². The van der Waals surface area contributed by atoms with Crippen LogP contribution in [0.4, 0.5) is 5.82 Å². The van der Waals surface area contributed by atoms with Crippen molar-refractivity contribution in [1.29, 1.82) is 0 Å². The van der Waals surface area contributed by atoms with Gasteiger partial charge in [0.2, 0.25) is 10.0 Å². The minimum absolute atomic E-state index is 0.0410. The van der Waals surface area contributed by atoms with E-state index in [4.69, 9.17) is 39.5 Å². The van der Waals surface area contributed by atoms with Crippen LogP contribution >= 0.6 is 34.8 Å². The van der Waals surface area contributed by atoms with Crippen LogP contribution in [-0.2, 0) is 10.0 Å². The number of H-pyrrole nitrogens is 1. The molecule has 0 radical (unpaired) electrons. The maximum atomic E-state index is 11.7. The standard InChI is InChI=1S/C25H23Cl3N6O3S/c1-14(23-18(27)8-29-9-19(23)28)37-21-5-16-20(6-17(21)26)31-32-24(16)15-3-4-22(30-7-15)33-10-25(11-33)12-34(13-25)38(2,35)36/h3-9,14H,10-13H2,1-2H3,(H,31,32)/t14-/m1/s1. The van der Waals surface area contributed by atoms with Crippen LogP contribution in [0.15, 0.2) is 42.9 Å². The number of nitrogens with one attached hydrogen (secondary N) is 1. The Bertz CT molecular complexity index is 1630. The van der Waals surface area contributed by atoms with Crippen LogP contribution in [0.5, 0.6) is 5.75 Å². The molecule has 2 saturated heterocycles. The average Bonchev–Trinajstić information content (AvgIpc) is 3.19. The molecule has 6 rings (SSSR count). The molecule has 13 heteroatoms. The van der Waals surface area contributed by atoms with Gasteiger partial charge in [0.05, 0.1) is 26.8 Å². The second-order valence-corrected chi connectivity index (χ2v) is 13.2. The number of anilines is 1. The second kappa shape index (κ2) is 9.24. The molecule has 1 atom stereocenters. The van der Waals surface area contributed by atoms with E-state index in [2.05, 4.69) is 25.1 Å². The second-order valence-electron chi connectivity index (χ2n) is 9.97. The first-order valence-electron chi connectivity index (χ1n) is 11.8. The van der Waals surface area contributed by atoms with E-state index < -0.39 is 16.1 Å². The van der Waals surface area contributed by atoms with E-state index in [-0.39, 0.29) is 5.41 Å². The van der Waals surface area contributed by atoms with Crippen molar-refractivity contribution in [3.63, 3.8) is 0 Å². The Kier molecular flexibility index (Phi) is 6.23. The smallest absolute Gasteiger partial charge is 0.211 e. The minimum atomic E-state index is -3.12. The lowest BCUT2D eigenvalue weighted by Crippen LogP contribution is -2.73. The molecule has 0 bridgehead atoms. The molecule has 1 spiro atoms. The first-order valence-corrected chi connectivity index (χ1v) is 14.8. The van der Waals surface area contributed by atoms with Gasteiger partial charge in [-0.3, -0.25) is 10.1 Å². The van der Waals surface area contributed by atoms with Gasteiger partial charge in [0, 0.05) is 66.7 Å². The molecule has 0 amide bonds. The Hall–Kier alpha value is -2.63. The molecule has 1 aromatic carbocycles. The van der Waals surface area contributed by atoms with Crippen LogP contribution in [0.25, 0.3) is 22.2 Å². The van der Waals surface area contributed by atoms with E-state index in [0.717, 1.165) is 41.1 Å². The van der Waals surface area contributed by atoms with E-state index in [1.165, 1.54) is 23.0 Å². The lowest BCUT2D eigenvalue weighted by Gasteiger charge is -2.59. The molecule has 9 nitrogen and oxygen atoms in total. The summed E-state index contributed by atoms with van der Waals surface area (Å²) in [6, 6.07) is 7.54. The summed E-state index contributed by atoms with van der Waals surface area (Å²) in [5, 5.41) is 9.60. The monoisotopic (exact) mass is 592 g/mol. The van der Waals surface area contributed by atoms with E-state index in [1.807, 2.05) is 25.1 Å². The summed E-state index contributed by atoms with van der Waals surface area (Å²) in [5.41, 5.74) is 2.99. The zero-order valence-electron chi connectivity index (χ0n) is 20.5. The van der Waals surface area contributed by atoms with Crippen LogP contribution in [0.3, 0.4) is 0 Å². The van der Waals surface area contributed by atoms with Crippen molar-refractivity contribution in [3.8, 4) is 17.0 Å². The Morgan fingerprint density at radius 3 is 2.37 bits per heavy atom.